The van der Waals surface area contributed by atoms with E-state index in [1.54, 1.807) is 6.20 Å². The van der Waals surface area contributed by atoms with Gasteiger partial charge >= 0.3 is 6.09 Å². The Kier molecular flexibility index (Phi) is 7.89. The Morgan fingerprint density at radius 3 is 2.33 bits per heavy atom. The molecule has 0 fully saturated rings. The summed E-state index contributed by atoms with van der Waals surface area (Å²) in [6, 6.07) is 7.07. The Bertz CT molecular complexity index is 490. The molecule has 1 aromatic rings. The zero-order valence-corrected chi connectivity index (χ0v) is 16.9. The molecule has 136 valence electrons. The summed E-state index contributed by atoms with van der Waals surface area (Å²) in [5, 5.41) is 2.84. The molecule has 0 saturated carbocycles. The number of alkyl carbamates (subject to hydrolysis) is 1. The number of amides is 1. The van der Waals surface area contributed by atoms with Crippen molar-refractivity contribution >= 4 is 14.4 Å². The van der Waals surface area contributed by atoms with Crippen LogP contribution in [-0.4, -0.2) is 31.5 Å². The fourth-order valence-corrected chi connectivity index (χ4v) is 5.41. The van der Waals surface area contributed by atoms with E-state index >= 15 is 0 Å². The number of hydrogen-bond donors (Lipinski definition) is 1. The van der Waals surface area contributed by atoms with E-state index in [9.17, 15) is 4.79 Å². The van der Waals surface area contributed by atoms with Crippen LogP contribution in [0.4, 0.5) is 4.79 Å². The molecule has 1 heterocycles. The van der Waals surface area contributed by atoms with Crippen molar-refractivity contribution < 1.29 is 14.0 Å². The fraction of sp³-hybridized carbons (Fsp3) is 0.667. The maximum Gasteiger partial charge on any atom is 0.407 e. The molecule has 0 unspecified atom stereocenters. The molecule has 0 aliphatic rings. The van der Waals surface area contributed by atoms with Gasteiger partial charge in [-0.2, -0.15) is 0 Å². The van der Waals surface area contributed by atoms with Crippen molar-refractivity contribution in [1.82, 2.24) is 10.3 Å². The van der Waals surface area contributed by atoms with Crippen molar-refractivity contribution in [1.29, 1.82) is 0 Å². The second-order valence-electron chi connectivity index (χ2n) is 7.02. The zero-order valence-electron chi connectivity index (χ0n) is 15.9. The lowest BCUT2D eigenvalue weighted by Crippen LogP contribution is -2.41. The van der Waals surface area contributed by atoms with Gasteiger partial charge in [-0.15, -0.1) is 0 Å². The summed E-state index contributed by atoms with van der Waals surface area (Å²) < 4.78 is 11.9. The topological polar surface area (TPSA) is 60.5 Å². The van der Waals surface area contributed by atoms with Crippen LogP contribution in [0.15, 0.2) is 24.5 Å². The van der Waals surface area contributed by atoms with Gasteiger partial charge in [0.15, 0.2) is 8.32 Å². The molecule has 1 N–H and O–H groups in total. The predicted octanol–water partition coefficient (Wildman–Crippen LogP) is 4.67. The average molecular weight is 353 g/mol. The van der Waals surface area contributed by atoms with Crippen LogP contribution in [0.3, 0.4) is 0 Å². The number of nitrogens with one attached hydrogen (secondary N) is 1. The number of ether oxygens (including phenoxy) is 1. The Morgan fingerprint density at radius 1 is 1.25 bits per heavy atom. The van der Waals surface area contributed by atoms with Crippen molar-refractivity contribution in [3.8, 4) is 0 Å². The third-order valence-electron chi connectivity index (χ3n) is 4.21. The number of nitrogens with zero attached hydrogens (tertiary/aromatic N) is 1. The molecule has 0 bridgehead atoms. The highest BCUT2D eigenvalue weighted by molar-refractivity contribution is 6.73. The summed E-state index contributed by atoms with van der Waals surface area (Å²) in [4.78, 5) is 16.2. The summed E-state index contributed by atoms with van der Waals surface area (Å²) >= 11 is 0. The van der Waals surface area contributed by atoms with Crippen LogP contribution in [0, 0.1) is 0 Å². The molecule has 24 heavy (non-hydrogen) atoms. The van der Waals surface area contributed by atoms with Crippen LogP contribution >= 0.6 is 0 Å². The molecule has 0 aliphatic heterocycles. The Labute approximate surface area is 147 Å². The molecule has 0 saturated heterocycles. The van der Waals surface area contributed by atoms with E-state index in [-0.39, 0.29) is 6.10 Å². The van der Waals surface area contributed by atoms with Gasteiger partial charge in [-0.1, -0.05) is 26.8 Å². The number of aromatic nitrogens is 1. The van der Waals surface area contributed by atoms with Gasteiger partial charge in [0, 0.05) is 12.4 Å². The lowest BCUT2D eigenvalue weighted by molar-refractivity contribution is 0.0497. The molecule has 1 aromatic heterocycles. The largest absolute Gasteiger partial charge is 0.444 e. The summed E-state index contributed by atoms with van der Waals surface area (Å²) in [7, 11) is -1.80. The van der Waals surface area contributed by atoms with Gasteiger partial charge in [0.05, 0.1) is 12.6 Å². The van der Waals surface area contributed by atoms with Crippen LogP contribution in [0.5, 0.6) is 0 Å². The van der Waals surface area contributed by atoms with Crippen molar-refractivity contribution in [2.24, 2.45) is 0 Å². The van der Waals surface area contributed by atoms with E-state index in [1.807, 2.05) is 39.1 Å². The highest BCUT2D eigenvalue weighted by atomic mass is 28.4. The van der Waals surface area contributed by atoms with Crippen LogP contribution < -0.4 is 5.32 Å². The van der Waals surface area contributed by atoms with Crippen LogP contribution in [0.1, 0.15) is 53.2 Å². The van der Waals surface area contributed by atoms with Crippen molar-refractivity contribution in [2.75, 3.05) is 6.54 Å². The van der Waals surface area contributed by atoms with Gasteiger partial charge in [-0.25, -0.2) is 4.79 Å². The van der Waals surface area contributed by atoms with Gasteiger partial charge in [-0.05, 0) is 50.5 Å². The average Bonchev–Trinajstić information content (AvgIpc) is 2.55. The number of rotatable bonds is 8. The lowest BCUT2D eigenvalue weighted by atomic mass is 10.1. The number of carbonyl (C=O) groups excluding carboxylic acids is 1. The van der Waals surface area contributed by atoms with E-state index in [2.05, 4.69) is 31.1 Å². The molecule has 0 spiro atoms. The monoisotopic (exact) mass is 352 g/mol. The Balaban J connectivity index is 2.85. The van der Waals surface area contributed by atoms with Crippen LogP contribution in [-0.2, 0) is 9.16 Å². The zero-order chi connectivity index (χ0) is 18.2. The second-order valence-corrected chi connectivity index (χ2v) is 11.7. The van der Waals surface area contributed by atoms with E-state index in [1.165, 1.54) is 0 Å². The maximum absolute atomic E-state index is 12.0. The summed E-state index contributed by atoms with van der Waals surface area (Å²) in [5.74, 6) is 0. The normalized spacial score (nSPS) is 13.4. The molecule has 1 amide bonds. The van der Waals surface area contributed by atoms with Crippen molar-refractivity contribution in [3.05, 3.63) is 30.1 Å². The first-order valence-corrected chi connectivity index (χ1v) is 11.3. The van der Waals surface area contributed by atoms with Crippen LogP contribution in [0.2, 0.25) is 18.1 Å². The molecule has 0 aromatic carbocycles. The van der Waals surface area contributed by atoms with E-state index in [0.29, 0.717) is 6.54 Å². The number of hydrogen-bond acceptors (Lipinski definition) is 4. The first kappa shape index (κ1) is 20.6. The number of pyridine rings is 1. The van der Waals surface area contributed by atoms with E-state index < -0.39 is 20.0 Å². The van der Waals surface area contributed by atoms with E-state index in [4.69, 9.17) is 9.16 Å². The Morgan fingerprint density at radius 2 is 1.88 bits per heavy atom. The van der Waals surface area contributed by atoms with Gasteiger partial charge in [0.2, 0.25) is 0 Å². The summed E-state index contributed by atoms with van der Waals surface area (Å²) in [5.41, 5.74) is 0.476. The lowest BCUT2D eigenvalue weighted by Gasteiger charge is -2.33. The molecule has 0 radical (unpaired) electrons. The minimum absolute atomic E-state index is 0.197. The standard InChI is InChI=1S/C18H32N2O3Si/c1-7-24(8-2,9-3)23-16(15-11-10-12-19-13-15)14-20-17(21)22-18(4,5)6/h10-13,16H,7-9,14H2,1-6H3,(H,20,21)/t16-/m0/s1. The van der Waals surface area contributed by atoms with E-state index in [0.717, 1.165) is 23.7 Å². The minimum atomic E-state index is -1.80. The summed E-state index contributed by atoms with van der Waals surface area (Å²) in [6.45, 7) is 12.5. The third-order valence-corrected chi connectivity index (χ3v) is 8.86. The fourth-order valence-electron chi connectivity index (χ4n) is 2.59. The first-order chi connectivity index (χ1) is 11.2. The van der Waals surface area contributed by atoms with Gasteiger partial charge < -0.3 is 14.5 Å². The molecule has 1 rings (SSSR count). The third kappa shape index (κ3) is 6.61. The van der Waals surface area contributed by atoms with Crippen molar-refractivity contribution in [2.45, 2.75) is 71.4 Å². The highest BCUT2D eigenvalue weighted by Crippen LogP contribution is 2.29. The quantitative estimate of drug-likeness (QED) is 0.691. The summed E-state index contributed by atoms with van der Waals surface area (Å²) in [6.07, 6.45) is 2.93. The molecular formula is C18H32N2O3Si. The van der Waals surface area contributed by atoms with Gasteiger partial charge in [0.1, 0.15) is 5.60 Å². The minimum Gasteiger partial charge on any atom is -0.444 e. The Hall–Kier alpha value is -1.40. The molecule has 5 nitrogen and oxygen atoms in total. The smallest absolute Gasteiger partial charge is 0.407 e. The predicted molar refractivity (Wildman–Crippen MR) is 99.5 cm³/mol. The van der Waals surface area contributed by atoms with Crippen molar-refractivity contribution in [3.63, 3.8) is 0 Å². The second kappa shape index (κ2) is 9.18. The van der Waals surface area contributed by atoms with Gasteiger partial charge in [0.25, 0.3) is 0 Å². The number of carbonyl (C=O) groups is 1. The highest BCUT2D eigenvalue weighted by Gasteiger charge is 2.33. The maximum atomic E-state index is 12.0. The SMILES string of the molecule is CC[Si](CC)(CC)O[C@@H](CNC(=O)OC(C)(C)C)c1cccnc1. The molecule has 1 atom stereocenters. The van der Waals surface area contributed by atoms with Gasteiger partial charge in [-0.3, -0.25) is 4.98 Å². The van der Waals surface area contributed by atoms with Crippen LogP contribution in [0.25, 0.3) is 0 Å². The molecule has 0 aliphatic carbocycles. The molecular weight excluding hydrogens is 320 g/mol. The molecule has 6 heteroatoms. The first-order valence-electron chi connectivity index (χ1n) is 8.80.